The molecule has 0 saturated heterocycles. The van der Waals surface area contributed by atoms with Gasteiger partial charge in [0, 0.05) is 19.6 Å². The van der Waals surface area contributed by atoms with E-state index >= 15 is 0 Å². The second-order valence-corrected chi connectivity index (χ2v) is 5.43. The van der Waals surface area contributed by atoms with Gasteiger partial charge in [0.2, 0.25) is 6.29 Å². The highest BCUT2D eigenvalue weighted by atomic mass is 16.6. The Kier molecular flexibility index (Phi) is 20.0. The summed E-state index contributed by atoms with van der Waals surface area (Å²) < 4.78 is 14.5. The topological polar surface area (TPSA) is 102 Å². The minimum atomic E-state index is -1.66. The molecule has 2 N–H and O–H groups in total. The van der Waals surface area contributed by atoms with Gasteiger partial charge >= 0.3 is 11.9 Å². The summed E-state index contributed by atoms with van der Waals surface area (Å²) in [4.78, 5) is 23.0. The Balaban J connectivity index is 0. The first-order valence-corrected chi connectivity index (χ1v) is 9.20. The third-order valence-corrected chi connectivity index (χ3v) is 3.23. The molecule has 2 unspecified atom stereocenters. The minimum Gasteiger partial charge on any atom is -0.465 e. The first-order chi connectivity index (χ1) is 12.0. The van der Waals surface area contributed by atoms with Crippen molar-refractivity contribution < 1.29 is 34.0 Å². The van der Waals surface area contributed by atoms with E-state index in [1.165, 1.54) is 0 Å². The van der Waals surface area contributed by atoms with Crippen LogP contribution in [0, 0.1) is 5.92 Å². The SMILES string of the molecule is CCCCCOC(=O)C(CO)C(O)OC(=O)CCCC.CCOCC. The lowest BCUT2D eigenvalue weighted by Crippen LogP contribution is -2.36. The summed E-state index contributed by atoms with van der Waals surface area (Å²) >= 11 is 0. The number of aliphatic hydroxyl groups excluding tert-OH is 2. The van der Waals surface area contributed by atoms with Crippen LogP contribution in [0.15, 0.2) is 0 Å². The summed E-state index contributed by atoms with van der Waals surface area (Å²) in [5.41, 5.74) is 0. The highest BCUT2D eigenvalue weighted by Crippen LogP contribution is 2.10. The van der Waals surface area contributed by atoms with Crippen LogP contribution in [0.2, 0.25) is 0 Å². The average molecular weight is 364 g/mol. The molecule has 0 aliphatic heterocycles. The Morgan fingerprint density at radius 1 is 0.960 bits per heavy atom. The maximum atomic E-state index is 11.6. The zero-order chi connectivity index (χ0) is 19.5. The number of rotatable bonds is 13. The lowest BCUT2D eigenvalue weighted by atomic mass is 10.1. The van der Waals surface area contributed by atoms with Crippen molar-refractivity contribution in [2.75, 3.05) is 26.4 Å². The van der Waals surface area contributed by atoms with Crippen molar-refractivity contribution in [3.63, 3.8) is 0 Å². The van der Waals surface area contributed by atoms with Gasteiger partial charge in [-0.15, -0.1) is 0 Å². The van der Waals surface area contributed by atoms with Crippen molar-refractivity contribution in [2.45, 2.75) is 72.5 Å². The molecule has 0 rings (SSSR count). The van der Waals surface area contributed by atoms with Crippen LogP contribution in [0.4, 0.5) is 0 Å². The number of unbranched alkanes of at least 4 members (excludes halogenated alkanes) is 3. The first-order valence-electron chi connectivity index (χ1n) is 9.20. The Hall–Kier alpha value is -1.18. The molecule has 2 atom stereocenters. The Morgan fingerprint density at radius 2 is 1.56 bits per heavy atom. The van der Waals surface area contributed by atoms with Gasteiger partial charge in [0.05, 0.1) is 13.2 Å². The molecule has 0 radical (unpaired) electrons. The Labute approximate surface area is 151 Å². The number of ether oxygens (including phenoxy) is 3. The van der Waals surface area contributed by atoms with E-state index in [0.717, 1.165) is 38.9 Å². The lowest BCUT2D eigenvalue weighted by Gasteiger charge is -2.19. The van der Waals surface area contributed by atoms with Gasteiger partial charge in [-0.05, 0) is 26.7 Å². The number of aliphatic hydroxyl groups is 2. The highest BCUT2D eigenvalue weighted by molar-refractivity contribution is 5.74. The fourth-order valence-electron chi connectivity index (χ4n) is 1.71. The summed E-state index contributed by atoms with van der Waals surface area (Å²) in [6.45, 7) is 9.22. The fourth-order valence-corrected chi connectivity index (χ4v) is 1.71. The molecule has 0 amide bonds. The van der Waals surface area contributed by atoms with Crippen LogP contribution < -0.4 is 0 Å². The van der Waals surface area contributed by atoms with E-state index in [1.807, 2.05) is 27.7 Å². The predicted octanol–water partition coefficient (Wildman–Crippen LogP) is 2.42. The van der Waals surface area contributed by atoms with Crippen LogP contribution in [0.1, 0.15) is 66.2 Å². The molecule has 0 aromatic rings. The maximum absolute atomic E-state index is 11.6. The first kappa shape index (κ1) is 26.1. The summed E-state index contributed by atoms with van der Waals surface area (Å²) in [5.74, 6) is -2.59. The second kappa shape index (κ2) is 19.1. The zero-order valence-electron chi connectivity index (χ0n) is 16.2. The van der Waals surface area contributed by atoms with Gasteiger partial charge < -0.3 is 24.4 Å². The van der Waals surface area contributed by atoms with E-state index in [1.54, 1.807) is 0 Å². The van der Waals surface area contributed by atoms with Gasteiger partial charge in [-0.25, -0.2) is 0 Å². The molecule has 0 bridgehead atoms. The van der Waals surface area contributed by atoms with Gasteiger partial charge in [-0.3, -0.25) is 9.59 Å². The number of carbonyl (C=O) groups is 2. The van der Waals surface area contributed by atoms with Crippen molar-refractivity contribution in [3.05, 3.63) is 0 Å². The molecule has 0 aromatic heterocycles. The lowest BCUT2D eigenvalue weighted by molar-refractivity contribution is -0.189. The standard InChI is InChI=1S/C14H26O6.C4H10O/c1-3-5-7-9-19-13(17)11(10-15)14(18)20-12(16)8-6-4-2;1-3-5-4-2/h11,14-15,18H,3-10H2,1-2H3;3-4H2,1-2H3. The van der Waals surface area contributed by atoms with Crippen LogP contribution in [0.3, 0.4) is 0 Å². The molecule has 0 aromatic carbocycles. The summed E-state index contributed by atoms with van der Waals surface area (Å²) in [5, 5.41) is 18.8. The molecule has 7 nitrogen and oxygen atoms in total. The maximum Gasteiger partial charge on any atom is 0.317 e. The van der Waals surface area contributed by atoms with Crippen molar-refractivity contribution in [2.24, 2.45) is 5.92 Å². The van der Waals surface area contributed by atoms with Crippen molar-refractivity contribution >= 4 is 11.9 Å². The van der Waals surface area contributed by atoms with E-state index < -0.39 is 30.8 Å². The van der Waals surface area contributed by atoms with E-state index in [4.69, 9.17) is 19.3 Å². The molecular formula is C18H36O7. The van der Waals surface area contributed by atoms with Crippen LogP contribution in [0.5, 0.6) is 0 Å². The van der Waals surface area contributed by atoms with E-state index in [0.29, 0.717) is 6.42 Å². The number of hydrogen-bond donors (Lipinski definition) is 2. The molecule has 0 saturated carbocycles. The van der Waals surface area contributed by atoms with Crippen LogP contribution in [0.25, 0.3) is 0 Å². The minimum absolute atomic E-state index is 0.178. The van der Waals surface area contributed by atoms with Crippen molar-refractivity contribution in [1.29, 1.82) is 0 Å². The Bertz CT molecular complexity index is 319. The second-order valence-electron chi connectivity index (χ2n) is 5.43. The quantitative estimate of drug-likeness (QED) is 0.294. The highest BCUT2D eigenvalue weighted by Gasteiger charge is 2.30. The average Bonchev–Trinajstić information content (AvgIpc) is 2.58. The fraction of sp³-hybridized carbons (Fsp3) is 0.889. The van der Waals surface area contributed by atoms with Crippen LogP contribution in [-0.4, -0.2) is 54.9 Å². The van der Waals surface area contributed by atoms with Gasteiger partial charge in [0.25, 0.3) is 0 Å². The van der Waals surface area contributed by atoms with Gasteiger partial charge in [-0.2, -0.15) is 0 Å². The molecule has 7 heteroatoms. The van der Waals surface area contributed by atoms with Crippen molar-refractivity contribution in [3.8, 4) is 0 Å². The van der Waals surface area contributed by atoms with Gasteiger partial charge in [0.15, 0.2) is 0 Å². The largest absolute Gasteiger partial charge is 0.465 e. The number of carbonyl (C=O) groups excluding carboxylic acids is 2. The van der Waals surface area contributed by atoms with E-state index in [9.17, 15) is 14.7 Å². The number of esters is 2. The normalized spacial score (nSPS) is 12.6. The molecular weight excluding hydrogens is 328 g/mol. The monoisotopic (exact) mass is 364 g/mol. The van der Waals surface area contributed by atoms with Gasteiger partial charge in [-0.1, -0.05) is 33.1 Å². The van der Waals surface area contributed by atoms with E-state index in [2.05, 4.69) is 0 Å². The van der Waals surface area contributed by atoms with Crippen molar-refractivity contribution in [1.82, 2.24) is 0 Å². The third kappa shape index (κ3) is 16.1. The molecule has 0 heterocycles. The summed E-state index contributed by atoms with van der Waals surface area (Å²) in [6.07, 6.45) is 2.65. The molecule has 0 spiro atoms. The molecule has 0 aliphatic carbocycles. The molecule has 150 valence electrons. The number of hydrogen-bond acceptors (Lipinski definition) is 7. The van der Waals surface area contributed by atoms with Crippen LogP contribution in [-0.2, 0) is 23.8 Å². The molecule has 0 fully saturated rings. The Morgan fingerprint density at radius 3 is 2.00 bits per heavy atom. The van der Waals surface area contributed by atoms with E-state index in [-0.39, 0.29) is 13.0 Å². The summed E-state index contributed by atoms with van der Waals surface area (Å²) in [6, 6.07) is 0. The zero-order valence-corrected chi connectivity index (χ0v) is 16.2. The van der Waals surface area contributed by atoms with Crippen LogP contribution >= 0.6 is 0 Å². The predicted molar refractivity (Wildman–Crippen MR) is 94.9 cm³/mol. The molecule has 25 heavy (non-hydrogen) atoms. The third-order valence-electron chi connectivity index (χ3n) is 3.23. The van der Waals surface area contributed by atoms with Gasteiger partial charge in [0.1, 0.15) is 5.92 Å². The summed E-state index contributed by atoms with van der Waals surface area (Å²) in [7, 11) is 0. The smallest absolute Gasteiger partial charge is 0.317 e. The molecule has 0 aliphatic rings.